The van der Waals surface area contributed by atoms with Crippen LogP contribution in [0.15, 0.2) is 47.3 Å². The van der Waals surface area contributed by atoms with Gasteiger partial charge in [-0.25, -0.2) is 14.5 Å². The Hall–Kier alpha value is -4.94. The van der Waals surface area contributed by atoms with E-state index in [-0.39, 0.29) is 35.1 Å². The van der Waals surface area contributed by atoms with E-state index >= 15 is 4.39 Å². The van der Waals surface area contributed by atoms with Gasteiger partial charge in [-0.2, -0.15) is 5.10 Å². The van der Waals surface area contributed by atoms with Crippen molar-refractivity contribution >= 4 is 33.9 Å². The molecule has 1 unspecified atom stereocenters. The number of benzene rings is 2. The van der Waals surface area contributed by atoms with Crippen LogP contribution in [0.1, 0.15) is 119 Å². The lowest BCUT2D eigenvalue weighted by Crippen LogP contribution is -2.68. The van der Waals surface area contributed by atoms with Gasteiger partial charge in [-0.05, 0) is 100 Å². The lowest BCUT2D eigenvalue weighted by Gasteiger charge is -2.71. The summed E-state index contributed by atoms with van der Waals surface area (Å²) in [6.07, 6.45) is 13.6. The number of piperidine rings is 1. The number of aromatic nitrogens is 6. The Kier molecular flexibility index (Phi) is 12.8. The molecule has 2 amide bonds. The molecule has 2 bridgehead atoms. The molecule has 3 saturated carbocycles. The van der Waals surface area contributed by atoms with Gasteiger partial charge in [0.1, 0.15) is 22.5 Å². The number of halogens is 1. The van der Waals surface area contributed by atoms with E-state index in [2.05, 4.69) is 41.9 Å². The fraction of sp³-hybridized carbons (Fsp3) is 0.588. The highest BCUT2D eigenvalue weighted by Gasteiger charge is 2.69. The van der Waals surface area contributed by atoms with Crippen LogP contribution < -0.4 is 10.9 Å². The Morgan fingerprint density at radius 3 is 2.53 bits per heavy atom. The molecular weight excluding hydrogens is 882 g/mol. The van der Waals surface area contributed by atoms with Crippen LogP contribution in [-0.4, -0.2) is 140 Å². The summed E-state index contributed by atoms with van der Waals surface area (Å²) < 4.78 is 23.7. The number of amides is 2. The summed E-state index contributed by atoms with van der Waals surface area (Å²) >= 11 is 1.91. The zero-order valence-corrected chi connectivity index (χ0v) is 40.1. The number of nitrogens with one attached hydrogen (secondary N) is 2. The molecule has 7 aliphatic rings. The number of carbonyl (C=O) groups is 2. The maximum absolute atomic E-state index is 15.0. The van der Waals surface area contributed by atoms with Crippen molar-refractivity contribution in [1.29, 1.82) is 0 Å². The molecule has 3 aliphatic carbocycles. The fourth-order valence-corrected chi connectivity index (χ4v) is 13.7. The van der Waals surface area contributed by atoms with Gasteiger partial charge in [0.25, 0.3) is 11.5 Å². The Balaban J connectivity index is 0.571. The number of fused-ring (bicyclic) bond motifs is 2. The minimum atomic E-state index is -0.594. The van der Waals surface area contributed by atoms with E-state index in [1.807, 2.05) is 23.5 Å². The molecule has 1 atom stereocenters. The molecule has 2 aromatic carbocycles. The molecule has 17 heteroatoms. The van der Waals surface area contributed by atoms with Gasteiger partial charge in [0.05, 0.1) is 54.2 Å². The van der Waals surface area contributed by atoms with E-state index in [9.17, 15) is 14.4 Å². The van der Waals surface area contributed by atoms with Gasteiger partial charge >= 0.3 is 0 Å². The standard InChI is InChI=1S/C51H64FN11O4S/c1-34-46(54-44(68-34)29-62-17-7-10-42(62)47-57-56-43-11-3-2-6-18-63(43)47)51-30-50(31-51,32-51)33-59-19-14-36(15-20-59)67-25-16-53-28-45(64)60-21-23-61(24-22-60)49(66)39-26-35(12-13-40(39)52)27-41-37-8-4-5-9-38(37)48(65)58-55-41/h4-5,8-9,12-13,26,36,42,53H,2-3,6-7,10-11,14-25,27-33H2,1H3,(H,58,65). The van der Waals surface area contributed by atoms with Crippen LogP contribution in [0, 0.1) is 18.2 Å². The van der Waals surface area contributed by atoms with Crippen LogP contribution in [0.4, 0.5) is 4.39 Å². The Morgan fingerprint density at radius 2 is 1.71 bits per heavy atom. The maximum atomic E-state index is 15.0. The summed E-state index contributed by atoms with van der Waals surface area (Å²) in [7, 11) is 0. The van der Waals surface area contributed by atoms with E-state index in [0.717, 1.165) is 58.4 Å². The predicted molar refractivity (Wildman–Crippen MR) is 257 cm³/mol. The zero-order chi connectivity index (χ0) is 46.4. The molecule has 5 aromatic rings. The van der Waals surface area contributed by atoms with Crippen molar-refractivity contribution in [3.05, 3.63) is 103 Å². The average Bonchev–Trinajstić information content (AvgIpc) is 4.01. The molecule has 3 aromatic heterocycles. The van der Waals surface area contributed by atoms with E-state index in [1.54, 1.807) is 34.1 Å². The maximum Gasteiger partial charge on any atom is 0.272 e. The molecule has 0 spiro atoms. The molecule has 68 heavy (non-hydrogen) atoms. The van der Waals surface area contributed by atoms with Gasteiger partial charge in [0.15, 0.2) is 0 Å². The first-order valence-electron chi connectivity index (χ1n) is 25.1. The van der Waals surface area contributed by atoms with Gasteiger partial charge in [-0.3, -0.25) is 19.3 Å². The van der Waals surface area contributed by atoms with Gasteiger partial charge in [0.2, 0.25) is 5.91 Å². The molecule has 12 rings (SSSR count). The third-order valence-corrected chi connectivity index (χ3v) is 16.9. The van der Waals surface area contributed by atoms with Crippen LogP contribution in [-0.2, 0) is 40.9 Å². The number of thiazole rings is 1. The molecule has 7 heterocycles. The van der Waals surface area contributed by atoms with Gasteiger partial charge in [-0.15, -0.1) is 21.5 Å². The Morgan fingerprint density at radius 1 is 0.912 bits per heavy atom. The molecule has 360 valence electrons. The summed E-state index contributed by atoms with van der Waals surface area (Å²) in [5.74, 6) is 1.35. The second-order valence-electron chi connectivity index (χ2n) is 20.6. The number of aryl methyl sites for hydroxylation is 2. The second-order valence-corrected chi connectivity index (χ2v) is 21.9. The Labute approximate surface area is 400 Å². The highest BCUT2D eigenvalue weighted by molar-refractivity contribution is 7.11. The largest absolute Gasteiger partial charge is 0.377 e. The van der Waals surface area contributed by atoms with Crippen LogP contribution in [0.5, 0.6) is 0 Å². The number of H-pyrrole nitrogens is 1. The minimum absolute atomic E-state index is 0.0119. The van der Waals surface area contributed by atoms with Crippen molar-refractivity contribution in [2.75, 3.05) is 72.1 Å². The number of likely N-dealkylation sites (tertiary alicyclic amines) is 2. The number of ether oxygens (including phenoxy) is 1. The van der Waals surface area contributed by atoms with Crippen molar-refractivity contribution in [2.45, 2.75) is 115 Å². The first-order valence-corrected chi connectivity index (χ1v) is 25.9. The SMILES string of the molecule is Cc1sc(CN2CCCC2c2nnc3n2CCCCC3)nc1C12CC(CN3CCC(OCCNCC(=O)N4CCN(C(=O)c5cc(Cc6n[nH]c(=O)c7ccccc67)ccc5F)CC4)CC3)(C1)C2. The summed E-state index contributed by atoms with van der Waals surface area (Å²) in [6, 6.07) is 12.0. The number of piperazine rings is 1. The number of rotatable bonds is 15. The Bertz CT molecular complexity index is 2700. The van der Waals surface area contributed by atoms with Gasteiger partial charge in [-0.1, -0.05) is 30.7 Å². The normalized spacial score (nSPS) is 24.5. The second kappa shape index (κ2) is 19.1. The highest BCUT2D eigenvalue weighted by Crippen LogP contribution is 2.74. The first-order chi connectivity index (χ1) is 33.1. The van der Waals surface area contributed by atoms with Crippen molar-refractivity contribution in [3.63, 3.8) is 0 Å². The lowest BCUT2D eigenvalue weighted by molar-refractivity contribution is -0.162. The topological polar surface area (TPSA) is 158 Å². The molecule has 0 radical (unpaired) electrons. The van der Waals surface area contributed by atoms with Crippen LogP contribution in [0.25, 0.3) is 10.8 Å². The van der Waals surface area contributed by atoms with Gasteiger partial charge in [0, 0.05) is 87.4 Å². The third kappa shape index (κ3) is 9.04. The minimum Gasteiger partial charge on any atom is -0.377 e. The van der Waals surface area contributed by atoms with E-state index in [0.29, 0.717) is 79.2 Å². The van der Waals surface area contributed by atoms with Crippen LogP contribution in [0.3, 0.4) is 0 Å². The van der Waals surface area contributed by atoms with Crippen molar-refractivity contribution in [2.24, 2.45) is 5.41 Å². The van der Waals surface area contributed by atoms with Crippen LogP contribution in [0.2, 0.25) is 0 Å². The molecular formula is C51H64FN11O4S. The molecule has 4 aliphatic heterocycles. The van der Waals surface area contributed by atoms with Gasteiger partial charge < -0.3 is 29.3 Å². The lowest BCUT2D eigenvalue weighted by atomic mass is 9.34. The number of hydrogen-bond acceptors (Lipinski definition) is 12. The summed E-state index contributed by atoms with van der Waals surface area (Å²) in [5, 5.41) is 21.9. The summed E-state index contributed by atoms with van der Waals surface area (Å²) in [4.78, 5) is 54.2. The molecule has 2 N–H and O–H groups in total. The molecule has 3 saturated heterocycles. The average molecular weight is 946 g/mol. The van der Waals surface area contributed by atoms with E-state index in [1.165, 1.54) is 84.8 Å². The smallest absolute Gasteiger partial charge is 0.272 e. The van der Waals surface area contributed by atoms with E-state index < -0.39 is 11.7 Å². The fourth-order valence-electron chi connectivity index (χ4n) is 12.7. The highest BCUT2D eigenvalue weighted by atomic mass is 32.1. The number of aromatic amines is 1. The van der Waals surface area contributed by atoms with Crippen LogP contribution >= 0.6 is 11.3 Å². The zero-order valence-electron chi connectivity index (χ0n) is 39.3. The molecule has 15 nitrogen and oxygen atoms in total. The first kappa shape index (κ1) is 45.5. The van der Waals surface area contributed by atoms with E-state index in [4.69, 9.17) is 14.8 Å². The third-order valence-electron chi connectivity index (χ3n) is 16.0. The monoisotopic (exact) mass is 945 g/mol. The quantitative estimate of drug-likeness (QED) is 0.127. The van der Waals surface area contributed by atoms with Crippen molar-refractivity contribution in [3.8, 4) is 0 Å². The number of carbonyl (C=O) groups excluding carboxylic acids is 2. The number of nitrogens with zero attached hydrogens (tertiary/aromatic N) is 9. The number of hydrogen-bond donors (Lipinski definition) is 2. The molecule has 6 fully saturated rings. The summed E-state index contributed by atoms with van der Waals surface area (Å²) in [6.45, 7) is 11.5. The van der Waals surface area contributed by atoms with Crippen molar-refractivity contribution in [1.82, 2.24) is 54.9 Å². The van der Waals surface area contributed by atoms with Crippen molar-refractivity contribution < 1.29 is 18.7 Å². The summed E-state index contributed by atoms with van der Waals surface area (Å²) in [5.41, 5.74) is 3.17. The predicted octanol–water partition coefficient (Wildman–Crippen LogP) is 5.55.